The Morgan fingerprint density at radius 2 is 0.513 bits per heavy atom. The summed E-state index contributed by atoms with van der Waals surface area (Å²) >= 11 is 4.62. The third-order valence-electron chi connectivity index (χ3n) is 13.7. The fourth-order valence-corrected chi connectivity index (χ4v) is 14.6. The van der Waals surface area contributed by atoms with E-state index in [1.165, 1.54) is 23.5 Å². The fraction of sp³-hybridized carbons (Fsp3) is 0.136. The summed E-state index contributed by atoms with van der Waals surface area (Å²) in [5, 5.41) is 6.18. The number of benzene rings is 9. The summed E-state index contributed by atoms with van der Waals surface area (Å²) in [5.41, 5.74) is 22.4. The van der Waals surface area contributed by atoms with Crippen molar-refractivity contribution in [3.05, 3.63) is 323 Å². The Hall–Kier alpha value is -7.60. The summed E-state index contributed by atoms with van der Waals surface area (Å²) in [4.78, 5) is 44.1. The second-order valence-corrected chi connectivity index (χ2v) is 22.1. The van der Waals surface area contributed by atoms with Gasteiger partial charge >= 0.3 is 0 Å². The van der Waals surface area contributed by atoms with Gasteiger partial charge in [0.15, 0.2) is 0 Å². The monoisotopic (exact) mass is 1050 g/mol. The molecule has 0 aliphatic heterocycles. The van der Waals surface area contributed by atoms with Crippen LogP contribution in [0, 0.1) is 0 Å². The Kier molecular flexibility index (Phi) is 17.7. The Labute approximate surface area is 459 Å². The summed E-state index contributed by atoms with van der Waals surface area (Å²) in [6, 6.07) is 88.3. The van der Waals surface area contributed by atoms with Gasteiger partial charge in [0.25, 0.3) is 0 Å². The lowest BCUT2D eigenvalue weighted by Gasteiger charge is -2.37. The van der Waals surface area contributed by atoms with E-state index in [1.807, 2.05) is 164 Å². The van der Waals surface area contributed by atoms with Gasteiger partial charge in [-0.15, -0.1) is 35.3 Å². The van der Waals surface area contributed by atoms with Crippen molar-refractivity contribution in [3.63, 3.8) is 0 Å². The Bertz CT molecular complexity index is 2950. The highest BCUT2D eigenvalue weighted by atomic mass is 32.2. The smallest absolute Gasteiger partial charge is 0.244 e. The van der Waals surface area contributed by atoms with Gasteiger partial charge in [0.05, 0.1) is 20.3 Å². The highest BCUT2D eigenvalue weighted by Crippen LogP contribution is 2.51. The van der Waals surface area contributed by atoms with Gasteiger partial charge in [-0.2, -0.15) is 0 Å². The van der Waals surface area contributed by atoms with Gasteiger partial charge in [0.2, 0.25) is 17.7 Å². The molecule has 9 aromatic rings. The predicted octanol–water partition coefficient (Wildman–Crippen LogP) is 11.9. The molecule has 0 radical (unpaired) electrons. The summed E-state index contributed by atoms with van der Waals surface area (Å²) < 4.78 is -2.38. The lowest BCUT2D eigenvalue weighted by Crippen LogP contribution is -2.57. The maximum atomic E-state index is 15.3. The molecule has 9 rings (SSSR count). The van der Waals surface area contributed by atoms with Crippen LogP contribution in [0.5, 0.6) is 0 Å². The quantitative estimate of drug-likeness (QED) is 0.0470. The van der Waals surface area contributed by atoms with E-state index < -0.39 is 50.1 Å². The molecule has 0 bridgehead atoms. The average molecular weight is 1050 g/mol. The minimum Gasteiger partial charge on any atom is -0.368 e. The molecular weight excluding hydrogens is 993 g/mol. The highest BCUT2D eigenvalue weighted by Gasteiger charge is 2.42. The first-order valence-electron chi connectivity index (χ1n) is 25.3. The summed E-state index contributed by atoms with van der Waals surface area (Å²) in [5.74, 6) is -1.41. The van der Waals surface area contributed by atoms with E-state index >= 15 is 4.79 Å². The van der Waals surface area contributed by atoms with E-state index in [0.29, 0.717) is 0 Å². The zero-order chi connectivity index (χ0) is 52.6. The van der Waals surface area contributed by atoms with Gasteiger partial charge in [0.1, 0.15) is 12.1 Å². The molecular formula is C66H60N4O3S3. The third kappa shape index (κ3) is 11.6. The van der Waals surface area contributed by atoms with Crippen LogP contribution in [0.15, 0.2) is 273 Å². The van der Waals surface area contributed by atoms with Crippen molar-refractivity contribution in [1.82, 2.24) is 10.6 Å². The molecule has 0 heterocycles. The van der Waals surface area contributed by atoms with Crippen molar-refractivity contribution < 1.29 is 14.4 Å². The molecule has 0 aromatic heterocycles. The molecule has 76 heavy (non-hydrogen) atoms. The van der Waals surface area contributed by atoms with Gasteiger partial charge in [0, 0.05) is 17.3 Å². The molecule has 0 saturated heterocycles. The zero-order valence-corrected chi connectivity index (χ0v) is 44.4. The van der Waals surface area contributed by atoms with Crippen molar-refractivity contribution >= 4 is 53.0 Å². The van der Waals surface area contributed by atoms with E-state index in [1.54, 1.807) is 11.8 Å². The maximum absolute atomic E-state index is 15.3. The lowest BCUT2D eigenvalue weighted by molar-refractivity contribution is -0.130. The average Bonchev–Trinajstić information content (AvgIpc) is 3.50. The van der Waals surface area contributed by atoms with Crippen LogP contribution in [0.4, 0.5) is 0 Å². The first-order chi connectivity index (χ1) is 37.3. The minimum atomic E-state index is -1.18. The van der Waals surface area contributed by atoms with Crippen LogP contribution in [-0.2, 0) is 28.6 Å². The number of carbonyl (C=O) groups excluding carboxylic acids is 3. The molecule has 7 nitrogen and oxygen atoms in total. The van der Waals surface area contributed by atoms with Crippen molar-refractivity contribution in [2.45, 2.75) is 32.4 Å². The second kappa shape index (κ2) is 25.3. The molecule has 0 fully saturated rings. The van der Waals surface area contributed by atoms with Gasteiger partial charge in [-0.25, -0.2) is 0 Å². The molecule has 10 heteroatoms. The molecule has 0 saturated carbocycles. The van der Waals surface area contributed by atoms with E-state index in [0.717, 1.165) is 50.1 Å². The number of hydrogen-bond donors (Lipinski definition) is 4. The Balaban J connectivity index is 1.07. The van der Waals surface area contributed by atoms with Crippen LogP contribution in [0.2, 0.25) is 0 Å². The normalized spacial score (nSPS) is 12.9. The number of nitrogens with two attached hydrogens (primary N) is 2. The van der Waals surface area contributed by atoms with E-state index in [9.17, 15) is 9.59 Å². The van der Waals surface area contributed by atoms with E-state index in [2.05, 4.69) is 120 Å². The summed E-state index contributed by atoms with van der Waals surface area (Å²) in [7, 11) is 0. The third-order valence-corrected chi connectivity index (χ3v) is 18.6. The number of hydrogen-bond acceptors (Lipinski definition) is 7. The van der Waals surface area contributed by atoms with Crippen LogP contribution in [0.3, 0.4) is 0 Å². The topological polar surface area (TPSA) is 127 Å². The number of amides is 3. The van der Waals surface area contributed by atoms with Crippen LogP contribution in [-0.4, -0.2) is 53.1 Å². The highest BCUT2D eigenvalue weighted by molar-refractivity contribution is 8.01. The number of nitrogens with one attached hydrogen (secondary N) is 2. The van der Waals surface area contributed by atoms with Crippen LogP contribution in [0.25, 0.3) is 0 Å². The minimum absolute atomic E-state index is 0.0821. The van der Waals surface area contributed by atoms with Gasteiger partial charge in [-0.1, -0.05) is 273 Å². The number of primary amides is 1. The SMILES string of the molecule is NC(=O)[C@@H](CSC(c1ccccc1)(c1ccccc1)c1ccccc1)NC(=O)[C@@H](CSC(c1ccccc1)(c1ccccc1)c1ccccc1)NC(=O)[C@H](N)CSC(c1ccccc1)(c1ccccc1)c1ccccc1. The maximum Gasteiger partial charge on any atom is 0.244 e. The number of carbonyl (C=O) groups is 3. The van der Waals surface area contributed by atoms with Crippen molar-refractivity contribution in [1.29, 1.82) is 0 Å². The van der Waals surface area contributed by atoms with Crippen molar-refractivity contribution in [3.8, 4) is 0 Å². The molecule has 0 aliphatic rings. The molecule has 3 amide bonds. The first-order valence-corrected chi connectivity index (χ1v) is 28.3. The molecule has 0 unspecified atom stereocenters. The Morgan fingerprint density at radius 3 is 0.737 bits per heavy atom. The standard InChI is InChI=1S/C66H60N4O3S3/c67-58(46-74-64(49-28-10-1-11-29-49,50-30-12-2-13-31-50)51-32-14-3-15-33-51)62(72)70-60(48-76-66(55-40-22-7-23-41-55,56-42-24-8-25-43-56)57-44-26-9-27-45-57)63(73)69-59(61(68)71)47-75-65(52-34-16-4-17-35-52,53-36-18-5-19-37-53)54-38-20-6-21-39-54/h1-45,58-60H,46-48,67H2,(H2,68,71)(H,69,73)(H,70,72)/t58-,59-,60-/m1/s1. The molecule has 0 aliphatic carbocycles. The van der Waals surface area contributed by atoms with Crippen molar-refractivity contribution in [2.24, 2.45) is 11.5 Å². The van der Waals surface area contributed by atoms with Gasteiger partial charge < -0.3 is 22.1 Å². The largest absolute Gasteiger partial charge is 0.368 e. The number of thioether (sulfide) groups is 3. The summed E-state index contributed by atoms with van der Waals surface area (Å²) in [6.45, 7) is 0. The van der Waals surface area contributed by atoms with E-state index in [4.69, 9.17) is 11.5 Å². The summed E-state index contributed by atoms with van der Waals surface area (Å²) in [6.07, 6.45) is 0. The van der Waals surface area contributed by atoms with E-state index in [-0.39, 0.29) is 17.3 Å². The van der Waals surface area contributed by atoms with Crippen LogP contribution in [0.1, 0.15) is 50.1 Å². The van der Waals surface area contributed by atoms with Crippen LogP contribution < -0.4 is 22.1 Å². The predicted molar refractivity (Wildman–Crippen MR) is 316 cm³/mol. The van der Waals surface area contributed by atoms with Crippen LogP contribution >= 0.6 is 35.3 Å². The molecule has 380 valence electrons. The van der Waals surface area contributed by atoms with Gasteiger partial charge in [-0.05, 0) is 50.1 Å². The molecule has 3 atom stereocenters. The number of rotatable bonds is 23. The molecule has 0 spiro atoms. The molecule has 6 N–H and O–H groups in total. The van der Waals surface area contributed by atoms with Crippen molar-refractivity contribution in [2.75, 3.05) is 17.3 Å². The fourth-order valence-electron chi connectivity index (χ4n) is 9.94. The molecule has 9 aromatic carbocycles. The zero-order valence-electron chi connectivity index (χ0n) is 41.9. The lowest BCUT2D eigenvalue weighted by atomic mass is 9.84. The van der Waals surface area contributed by atoms with Gasteiger partial charge in [-0.3, -0.25) is 14.4 Å². The Morgan fingerprint density at radius 1 is 0.316 bits per heavy atom. The second-order valence-electron chi connectivity index (χ2n) is 18.4. The first kappa shape index (κ1) is 53.2.